The van der Waals surface area contributed by atoms with Crippen LogP contribution in [-0.4, -0.2) is 27.1 Å². The topological polar surface area (TPSA) is 66.5 Å². The molecule has 0 bridgehead atoms. The number of hydrogen-bond acceptors (Lipinski definition) is 3. The van der Waals surface area contributed by atoms with E-state index in [1.165, 1.54) is 9.87 Å². The highest BCUT2D eigenvalue weighted by Crippen LogP contribution is 2.26. The van der Waals surface area contributed by atoms with Gasteiger partial charge in [-0.25, -0.2) is 8.42 Å². The molecule has 27 heavy (non-hydrogen) atoms. The standard InChI is InChI=1S/C21H28N2O3S/c1-6-18-10-12-19(13-11-18)17(4)22-20(24)14-23(27(5,25)26)21-15(2)8-7-9-16(21)3/h7-13,17H,6,14H2,1-5H3,(H,22,24)/t17-/m0/s1. The van der Waals surface area contributed by atoms with Crippen LogP contribution in [0, 0.1) is 13.8 Å². The third-order valence-corrected chi connectivity index (χ3v) is 5.75. The molecule has 2 rings (SSSR count). The second-order valence-electron chi connectivity index (χ2n) is 6.89. The summed E-state index contributed by atoms with van der Waals surface area (Å²) in [6.45, 7) is 7.42. The molecular formula is C21H28N2O3S. The van der Waals surface area contributed by atoms with Crippen LogP contribution in [0.15, 0.2) is 42.5 Å². The Morgan fingerprint density at radius 1 is 1.07 bits per heavy atom. The summed E-state index contributed by atoms with van der Waals surface area (Å²) in [5.41, 5.74) is 4.41. The van der Waals surface area contributed by atoms with Gasteiger partial charge < -0.3 is 5.32 Å². The van der Waals surface area contributed by atoms with Crippen LogP contribution < -0.4 is 9.62 Å². The van der Waals surface area contributed by atoms with Gasteiger partial charge in [-0.3, -0.25) is 9.10 Å². The Labute approximate surface area is 162 Å². The largest absolute Gasteiger partial charge is 0.348 e. The summed E-state index contributed by atoms with van der Waals surface area (Å²) in [4.78, 5) is 12.6. The van der Waals surface area contributed by atoms with Crippen LogP contribution in [0.4, 0.5) is 5.69 Å². The summed E-state index contributed by atoms with van der Waals surface area (Å²) in [5, 5.41) is 2.90. The third kappa shape index (κ3) is 5.32. The minimum absolute atomic E-state index is 0.206. The van der Waals surface area contributed by atoms with Crippen LogP contribution in [0.3, 0.4) is 0 Å². The molecule has 0 fully saturated rings. The number of carbonyl (C=O) groups excluding carboxylic acids is 1. The normalized spacial score (nSPS) is 12.5. The van der Waals surface area contributed by atoms with Crippen LogP contribution >= 0.6 is 0 Å². The van der Waals surface area contributed by atoms with Gasteiger partial charge in [0.05, 0.1) is 18.0 Å². The molecule has 2 aromatic carbocycles. The molecule has 0 saturated carbocycles. The lowest BCUT2D eigenvalue weighted by molar-refractivity contribution is -0.120. The zero-order valence-corrected chi connectivity index (χ0v) is 17.4. The predicted molar refractivity (Wildman–Crippen MR) is 110 cm³/mol. The van der Waals surface area contributed by atoms with Crippen molar-refractivity contribution in [3.05, 3.63) is 64.7 Å². The van der Waals surface area contributed by atoms with E-state index in [4.69, 9.17) is 0 Å². The maximum atomic E-state index is 12.6. The number of nitrogens with one attached hydrogen (secondary N) is 1. The maximum Gasteiger partial charge on any atom is 0.241 e. The minimum Gasteiger partial charge on any atom is -0.348 e. The molecule has 1 N–H and O–H groups in total. The Morgan fingerprint density at radius 2 is 1.63 bits per heavy atom. The van der Waals surface area contributed by atoms with Gasteiger partial charge in [0.15, 0.2) is 0 Å². The van der Waals surface area contributed by atoms with Gasteiger partial charge in [-0.1, -0.05) is 49.4 Å². The quantitative estimate of drug-likeness (QED) is 0.789. The van der Waals surface area contributed by atoms with E-state index in [0.29, 0.717) is 5.69 Å². The van der Waals surface area contributed by atoms with E-state index in [2.05, 4.69) is 12.2 Å². The molecular weight excluding hydrogens is 360 g/mol. The second kappa shape index (κ2) is 8.57. The van der Waals surface area contributed by atoms with E-state index < -0.39 is 10.0 Å². The molecule has 0 spiro atoms. The number of aryl methyl sites for hydroxylation is 3. The summed E-state index contributed by atoms with van der Waals surface area (Å²) in [6.07, 6.45) is 2.08. The Balaban J connectivity index is 2.19. The smallest absolute Gasteiger partial charge is 0.241 e. The highest BCUT2D eigenvalue weighted by molar-refractivity contribution is 7.92. The molecule has 6 heteroatoms. The van der Waals surface area contributed by atoms with E-state index in [0.717, 1.165) is 29.4 Å². The lowest BCUT2D eigenvalue weighted by Crippen LogP contribution is -2.41. The number of rotatable bonds is 7. The molecule has 146 valence electrons. The van der Waals surface area contributed by atoms with Crippen molar-refractivity contribution in [2.45, 2.75) is 40.2 Å². The van der Waals surface area contributed by atoms with Gasteiger partial charge in [0, 0.05) is 0 Å². The van der Waals surface area contributed by atoms with Gasteiger partial charge in [-0.2, -0.15) is 0 Å². The van der Waals surface area contributed by atoms with Gasteiger partial charge in [-0.15, -0.1) is 0 Å². The summed E-state index contributed by atoms with van der Waals surface area (Å²) < 4.78 is 25.9. The predicted octanol–water partition coefficient (Wildman–Crippen LogP) is 3.51. The number of anilines is 1. The molecule has 0 aliphatic heterocycles. The monoisotopic (exact) mass is 388 g/mol. The molecule has 0 unspecified atom stereocenters. The van der Waals surface area contributed by atoms with Crippen molar-refractivity contribution in [3.63, 3.8) is 0 Å². The first-order valence-electron chi connectivity index (χ1n) is 9.05. The van der Waals surface area contributed by atoms with E-state index in [9.17, 15) is 13.2 Å². The Morgan fingerprint density at radius 3 is 2.11 bits per heavy atom. The number of sulfonamides is 1. The molecule has 1 atom stereocenters. The van der Waals surface area contributed by atoms with Crippen molar-refractivity contribution in [2.24, 2.45) is 0 Å². The number of nitrogens with zero attached hydrogens (tertiary/aromatic N) is 1. The molecule has 1 amide bonds. The number of benzene rings is 2. The first-order valence-corrected chi connectivity index (χ1v) is 10.9. The molecule has 5 nitrogen and oxygen atoms in total. The van der Waals surface area contributed by atoms with Crippen LogP contribution in [-0.2, 0) is 21.2 Å². The van der Waals surface area contributed by atoms with Gasteiger partial charge in [0.1, 0.15) is 6.54 Å². The zero-order chi connectivity index (χ0) is 20.2. The van der Waals surface area contributed by atoms with Gasteiger partial charge in [0.25, 0.3) is 0 Å². The lowest BCUT2D eigenvalue weighted by atomic mass is 10.0. The van der Waals surface area contributed by atoms with Crippen molar-refractivity contribution in [1.82, 2.24) is 5.32 Å². The Bertz CT molecular complexity index is 885. The molecule has 0 aliphatic carbocycles. The number of carbonyl (C=O) groups is 1. The first-order chi connectivity index (χ1) is 12.6. The average Bonchev–Trinajstić information content (AvgIpc) is 2.59. The third-order valence-electron chi connectivity index (χ3n) is 4.64. The van der Waals surface area contributed by atoms with Gasteiger partial charge >= 0.3 is 0 Å². The number of hydrogen-bond donors (Lipinski definition) is 1. The van der Waals surface area contributed by atoms with Crippen molar-refractivity contribution in [1.29, 1.82) is 0 Å². The highest BCUT2D eigenvalue weighted by atomic mass is 32.2. The fourth-order valence-corrected chi connectivity index (χ4v) is 4.08. The highest BCUT2D eigenvalue weighted by Gasteiger charge is 2.24. The van der Waals surface area contributed by atoms with E-state index in [-0.39, 0.29) is 18.5 Å². The van der Waals surface area contributed by atoms with Crippen LogP contribution in [0.1, 0.15) is 42.1 Å². The van der Waals surface area contributed by atoms with Gasteiger partial charge in [-0.05, 0) is 49.4 Å². The summed E-state index contributed by atoms with van der Waals surface area (Å²) in [7, 11) is -3.59. The molecule has 0 radical (unpaired) electrons. The van der Waals surface area contributed by atoms with E-state index >= 15 is 0 Å². The van der Waals surface area contributed by atoms with E-state index in [1.54, 1.807) is 0 Å². The Hall–Kier alpha value is -2.34. The second-order valence-corrected chi connectivity index (χ2v) is 8.80. The SMILES string of the molecule is CCc1ccc([C@H](C)NC(=O)CN(c2c(C)cccc2C)S(C)(=O)=O)cc1. The lowest BCUT2D eigenvalue weighted by Gasteiger charge is -2.26. The summed E-state index contributed by atoms with van der Waals surface area (Å²) in [5.74, 6) is -0.338. The fourth-order valence-electron chi connectivity index (χ4n) is 3.10. The Kier molecular flexibility index (Phi) is 6.65. The number of para-hydroxylation sites is 1. The minimum atomic E-state index is -3.59. The summed E-state index contributed by atoms with van der Waals surface area (Å²) in [6, 6.07) is 13.4. The van der Waals surface area contributed by atoms with Crippen LogP contribution in [0.2, 0.25) is 0 Å². The van der Waals surface area contributed by atoms with Crippen LogP contribution in [0.5, 0.6) is 0 Å². The molecule has 0 heterocycles. The van der Waals surface area contributed by atoms with Crippen LogP contribution in [0.25, 0.3) is 0 Å². The van der Waals surface area contributed by atoms with Crippen molar-refractivity contribution < 1.29 is 13.2 Å². The maximum absolute atomic E-state index is 12.6. The fraction of sp³-hybridized carbons (Fsp3) is 0.381. The molecule has 0 aromatic heterocycles. The number of amides is 1. The zero-order valence-electron chi connectivity index (χ0n) is 16.6. The summed E-state index contributed by atoms with van der Waals surface area (Å²) >= 11 is 0. The van der Waals surface area contributed by atoms with Crippen molar-refractivity contribution >= 4 is 21.6 Å². The molecule has 0 aliphatic rings. The molecule has 2 aromatic rings. The average molecular weight is 389 g/mol. The van der Waals surface area contributed by atoms with Crippen molar-refractivity contribution in [2.75, 3.05) is 17.1 Å². The molecule has 0 saturated heterocycles. The van der Waals surface area contributed by atoms with Crippen molar-refractivity contribution in [3.8, 4) is 0 Å². The van der Waals surface area contributed by atoms with Gasteiger partial charge in [0.2, 0.25) is 15.9 Å². The first kappa shape index (κ1) is 21.0. The van der Waals surface area contributed by atoms with E-state index in [1.807, 2.05) is 63.2 Å².